The van der Waals surface area contributed by atoms with Gasteiger partial charge in [0.1, 0.15) is 11.4 Å². The van der Waals surface area contributed by atoms with Crippen molar-refractivity contribution < 1.29 is 9.90 Å². The molecule has 1 amide bonds. The van der Waals surface area contributed by atoms with Crippen molar-refractivity contribution in [1.82, 2.24) is 5.32 Å². The maximum atomic E-state index is 12.2. The van der Waals surface area contributed by atoms with Crippen LogP contribution in [0, 0.1) is 11.3 Å². The number of nitrogens with zero attached hydrogens (tertiary/aromatic N) is 1. The number of aromatic hydroxyl groups is 1. The molecule has 152 valence electrons. The minimum absolute atomic E-state index is 0.0180. The first-order valence-electron chi connectivity index (χ1n) is 9.32. The van der Waals surface area contributed by atoms with Crippen LogP contribution in [0.25, 0.3) is 0 Å². The van der Waals surface area contributed by atoms with Gasteiger partial charge in [-0.05, 0) is 24.1 Å². The fourth-order valence-electron chi connectivity index (χ4n) is 3.17. The van der Waals surface area contributed by atoms with E-state index in [1.165, 1.54) is 19.2 Å². The largest absolute Gasteiger partial charge is 0.505 e. The Morgan fingerprint density at radius 1 is 1.13 bits per heavy atom. The van der Waals surface area contributed by atoms with E-state index in [2.05, 4.69) is 16.0 Å². The molecule has 0 aliphatic carbocycles. The second-order valence-electron chi connectivity index (χ2n) is 6.66. The number of carbonyl (C=O) groups excluding carboxylic acids is 1. The summed E-state index contributed by atoms with van der Waals surface area (Å²) < 4.78 is 0. The summed E-state index contributed by atoms with van der Waals surface area (Å²) in [6.07, 6.45) is 0.665. The van der Waals surface area contributed by atoms with E-state index in [4.69, 9.17) is 0 Å². The SMILES string of the molecule is CC[C@@H](Nc1c(Nc2cc(C#N)cc(C(=O)NC)c2O)c(=O)c1=O)c1ccccc1. The van der Waals surface area contributed by atoms with Gasteiger partial charge in [0.25, 0.3) is 16.8 Å². The van der Waals surface area contributed by atoms with Gasteiger partial charge in [0.15, 0.2) is 5.75 Å². The van der Waals surface area contributed by atoms with Crippen molar-refractivity contribution >= 4 is 23.0 Å². The first-order valence-corrected chi connectivity index (χ1v) is 9.32. The summed E-state index contributed by atoms with van der Waals surface area (Å²) in [5, 5.41) is 27.9. The van der Waals surface area contributed by atoms with Gasteiger partial charge in [-0.1, -0.05) is 37.3 Å². The molecule has 30 heavy (non-hydrogen) atoms. The minimum Gasteiger partial charge on any atom is -0.505 e. The Balaban J connectivity index is 1.97. The lowest BCUT2D eigenvalue weighted by Crippen LogP contribution is -2.37. The van der Waals surface area contributed by atoms with Gasteiger partial charge in [0.2, 0.25) is 0 Å². The number of benzene rings is 2. The predicted octanol–water partition coefficient (Wildman–Crippen LogP) is 2.53. The zero-order chi connectivity index (χ0) is 21.8. The molecule has 1 atom stereocenters. The number of phenols is 1. The molecule has 0 radical (unpaired) electrons. The average Bonchev–Trinajstić information content (AvgIpc) is 2.79. The molecule has 0 aliphatic rings. The Morgan fingerprint density at radius 3 is 2.40 bits per heavy atom. The van der Waals surface area contributed by atoms with E-state index in [-0.39, 0.29) is 34.2 Å². The van der Waals surface area contributed by atoms with Gasteiger partial charge in [0, 0.05) is 7.05 Å². The molecule has 0 saturated heterocycles. The molecule has 3 rings (SSSR count). The lowest BCUT2D eigenvalue weighted by Gasteiger charge is -2.22. The molecule has 3 aromatic carbocycles. The van der Waals surface area contributed by atoms with Gasteiger partial charge in [-0.15, -0.1) is 0 Å². The fraction of sp³-hybridized carbons (Fsp3) is 0.182. The highest BCUT2D eigenvalue weighted by atomic mass is 16.3. The Hall–Kier alpha value is -4.12. The third-order valence-corrected chi connectivity index (χ3v) is 4.81. The van der Waals surface area contributed by atoms with Crippen LogP contribution in [0.1, 0.15) is 40.9 Å². The third-order valence-electron chi connectivity index (χ3n) is 4.81. The molecular weight excluding hydrogens is 384 g/mol. The second-order valence-corrected chi connectivity index (χ2v) is 6.66. The summed E-state index contributed by atoms with van der Waals surface area (Å²) in [5.41, 5.74) is -0.425. The number of rotatable bonds is 7. The highest BCUT2D eigenvalue weighted by molar-refractivity contribution is 5.99. The number of nitrogens with one attached hydrogen (secondary N) is 3. The quantitative estimate of drug-likeness (QED) is 0.351. The molecule has 0 fully saturated rings. The van der Waals surface area contributed by atoms with E-state index in [0.29, 0.717) is 6.42 Å². The van der Waals surface area contributed by atoms with E-state index in [9.17, 15) is 24.8 Å². The van der Waals surface area contributed by atoms with Crippen molar-refractivity contribution in [3.05, 3.63) is 79.6 Å². The highest BCUT2D eigenvalue weighted by Crippen LogP contribution is 2.34. The van der Waals surface area contributed by atoms with Crippen molar-refractivity contribution in [3.8, 4) is 11.8 Å². The molecule has 3 aromatic rings. The van der Waals surface area contributed by atoms with Crippen LogP contribution in [0.5, 0.6) is 5.75 Å². The summed E-state index contributed by atoms with van der Waals surface area (Å²) >= 11 is 0. The smallest absolute Gasteiger partial charge is 0.254 e. The molecule has 0 spiro atoms. The molecule has 0 heterocycles. The number of phenolic OH excluding ortho intramolecular Hbond substituents is 1. The number of hydrogen-bond acceptors (Lipinski definition) is 7. The van der Waals surface area contributed by atoms with Crippen LogP contribution >= 0.6 is 0 Å². The summed E-state index contributed by atoms with van der Waals surface area (Å²) in [6.45, 7) is 1.95. The third kappa shape index (κ3) is 3.73. The Bertz CT molecular complexity index is 1200. The monoisotopic (exact) mass is 404 g/mol. The highest BCUT2D eigenvalue weighted by Gasteiger charge is 2.25. The van der Waals surface area contributed by atoms with E-state index in [1.807, 2.05) is 43.3 Å². The number of carbonyl (C=O) groups is 1. The van der Waals surface area contributed by atoms with Crippen LogP contribution < -0.4 is 26.8 Å². The van der Waals surface area contributed by atoms with E-state index >= 15 is 0 Å². The zero-order valence-corrected chi connectivity index (χ0v) is 16.4. The maximum absolute atomic E-state index is 12.2. The summed E-state index contributed by atoms with van der Waals surface area (Å²) in [4.78, 5) is 36.4. The minimum atomic E-state index is -0.747. The van der Waals surface area contributed by atoms with Crippen LogP contribution in [-0.2, 0) is 0 Å². The van der Waals surface area contributed by atoms with E-state index in [0.717, 1.165) is 5.56 Å². The molecule has 0 aliphatic heterocycles. The molecule has 0 unspecified atom stereocenters. The van der Waals surface area contributed by atoms with Crippen LogP contribution in [-0.4, -0.2) is 18.1 Å². The van der Waals surface area contributed by atoms with Crippen LogP contribution in [0.2, 0.25) is 0 Å². The molecule has 8 heteroatoms. The lowest BCUT2D eigenvalue weighted by atomic mass is 10.0. The van der Waals surface area contributed by atoms with Crippen LogP contribution in [0.4, 0.5) is 17.1 Å². The average molecular weight is 404 g/mol. The molecule has 0 saturated carbocycles. The van der Waals surface area contributed by atoms with Crippen molar-refractivity contribution in [3.63, 3.8) is 0 Å². The van der Waals surface area contributed by atoms with Crippen molar-refractivity contribution in [2.45, 2.75) is 19.4 Å². The van der Waals surface area contributed by atoms with Crippen molar-refractivity contribution in [1.29, 1.82) is 5.26 Å². The second kappa shape index (κ2) is 8.49. The van der Waals surface area contributed by atoms with E-state index < -0.39 is 22.5 Å². The number of anilines is 3. The number of amides is 1. The number of hydrogen-bond donors (Lipinski definition) is 4. The summed E-state index contributed by atoms with van der Waals surface area (Å²) in [7, 11) is 1.39. The Labute approximate surface area is 172 Å². The topological polar surface area (TPSA) is 131 Å². The zero-order valence-electron chi connectivity index (χ0n) is 16.4. The fourth-order valence-corrected chi connectivity index (χ4v) is 3.17. The standard InChI is InChI=1S/C22H20N4O4/c1-3-15(13-7-5-4-6-8-13)25-17-18(21(29)20(17)28)26-16-10-12(11-23)9-14(19(16)27)22(30)24-2/h4-10,15,25-27H,3H2,1-2H3,(H,24,30)/t15-/m1/s1. The molecular formula is C22H20N4O4. The van der Waals surface area contributed by atoms with Crippen LogP contribution in [0.3, 0.4) is 0 Å². The molecule has 8 nitrogen and oxygen atoms in total. The maximum Gasteiger partial charge on any atom is 0.254 e. The van der Waals surface area contributed by atoms with Gasteiger partial charge in [-0.2, -0.15) is 5.26 Å². The Kier molecular flexibility index (Phi) is 5.83. The lowest BCUT2D eigenvalue weighted by molar-refractivity contribution is 0.0960. The van der Waals surface area contributed by atoms with Crippen molar-refractivity contribution in [2.24, 2.45) is 0 Å². The van der Waals surface area contributed by atoms with Crippen molar-refractivity contribution in [2.75, 3.05) is 17.7 Å². The summed E-state index contributed by atoms with van der Waals surface area (Å²) in [5.74, 6) is -1.02. The van der Waals surface area contributed by atoms with Gasteiger partial charge >= 0.3 is 0 Å². The van der Waals surface area contributed by atoms with Crippen LogP contribution in [0.15, 0.2) is 52.1 Å². The number of nitriles is 1. The van der Waals surface area contributed by atoms with Gasteiger partial charge < -0.3 is 21.1 Å². The van der Waals surface area contributed by atoms with Gasteiger partial charge in [-0.3, -0.25) is 14.4 Å². The van der Waals surface area contributed by atoms with Gasteiger partial charge in [0.05, 0.1) is 28.9 Å². The Morgan fingerprint density at radius 2 is 1.80 bits per heavy atom. The first-order chi connectivity index (χ1) is 14.4. The first kappa shape index (κ1) is 20.6. The predicted molar refractivity (Wildman–Crippen MR) is 114 cm³/mol. The summed E-state index contributed by atoms with van der Waals surface area (Å²) in [6, 6.07) is 13.7. The normalized spacial score (nSPS) is 11.5. The van der Waals surface area contributed by atoms with E-state index in [1.54, 1.807) is 0 Å². The van der Waals surface area contributed by atoms with Gasteiger partial charge in [-0.25, -0.2) is 0 Å². The molecule has 4 N–H and O–H groups in total. The molecule has 0 aromatic heterocycles. The molecule has 0 bridgehead atoms.